The number of unbranched alkanes of at least 4 members (excludes halogenated alkanes) is 1. The minimum atomic E-state index is 0.806. The second-order valence-electron chi connectivity index (χ2n) is 5.15. The van der Waals surface area contributed by atoms with Crippen molar-refractivity contribution in [1.82, 2.24) is 10.2 Å². The second-order valence-corrected chi connectivity index (χ2v) is 5.15. The van der Waals surface area contributed by atoms with E-state index in [2.05, 4.69) is 31.0 Å². The van der Waals surface area contributed by atoms with Gasteiger partial charge in [-0.3, -0.25) is 4.90 Å². The van der Waals surface area contributed by atoms with Crippen molar-refractivity contribution in [1.29, 1.82) is 0 Å². The quantitative estimate of drug-likeness (QED) is 0.684. The zero-order chi connectivity index (χ0) is 11.8. The number of likely N-dealkylation sites (N-methyl/N-ethyl adjacent to an activating group) is 1. The van der Waals surface area contributed by atoms with Gasteiger partial charge < -0.3 is 5.32 Å². The zero-order valence-corrected chi connectivity index (χ0v) is 11.5. The van der Waals surface area contributed by atoms with Crippen LogP contribution in [-0.2, 0) is 0 Å². The van der Waals surface area contributed by atoms with Crippen LogP contribution in [0.25, 0.3) is 0 Å². The summed E-state index contributed by atoms with van der Waals surface area (Å²) in [6, 6.07) is 0.806. The van der Waals surface area contributed by atoms with Crippen LogP contribution in [0.5, 0.6) is 0 Å². The van der Waals surface area contributed by atoms with Crippen LogP contribution in [0.2, 0.25) is 0 Å². The van der Waals surface area contributed by atoms with Gasteiger partial charge in [-0.25, -0.2) is 0 Å². The summed E-state index contributed by atoms with van der Waals surface area (Å²) in [4.78, 5) is 2.70. The highest BCUT2D eigenvalue weighted by atomic mass is 15.2. The maximum Gasteiger partial charge on any atom is 0.0232 e. The monoisotopic (exact) mass is 226 g/mol. The average Bonchev–Trinajstić information content (AvgIpc) is 2.83. The van der Waals surface area contributed by atoms with E-state index in [0.29, 0.717) is 0 Å². The molecule has 0 saturated carbocycles. The van der Waals surface area contributed by atoms with E-state index in [1.165, 1.54) is 58.3 Å². The van der Waals surface area contributed by atoms with Crippen molar-refractivity contribution in [3.8, 4) is 0 Å². The minimum Gasteiger partial charge on any atom is -0.315 e. The average molecular weight is 226 g/mol. The van der Waals surface area contributed by atoms with Crippen LogP contribution >= 0.6 is 0 Å². The lowest BCUT2D eigenvalue weighted by Gasteiger charge is -2.30. The van der Waals surface area contributed by atoms with E-state index in [0.717, 1.165) is 12.0 Å². The number of nitrogens with zero attached hydrogens (tertiary/aromatic N) is 1. The summed E-state index contributed by atoms with van der Waals surface area (Å²) in [5.41, 5.74) is 0. The number of hydrogen-bond donors (Lipinski definition) is 1. The van der Waals surface area contributed by atoms with Crippen molar-refractivity contribution in [3.63, 3.8) is 0 Å². The van der Waals surface area contributed by atoms with Crippen LogP contribution in [0, 0.1) is 5.92 Å². The molecule has 0 spiro atoms. The molecule has 2 unspecified atom stereocenters. The Labute approximate surface area is 102 Å². The van der Waals surface area contributed by atoms with Crippen LogP contribution in [0.4, 0.5) is 0 Å². The predicted octanol–water partition coefficient (Wildman–Crippen LogP) is 2.89. The third-order valence-electron chi connectivity index (χ3n) is 3.99. The largest absolute Gasteiger partial charge is 0.315 e. The molecule has 1 aliphatic rings. The second kappa shape index (κ2) is 8.08. The Hall–Kier alpha value is -0.0800. The molecule has 0 aromatic heterocycles. The van der Waals surface area contributed by atoms with E-state index in [1.54, 1.807) is 0 Å². The molecule has 0 aromatic carbocycles. The van der Waals surface area contributed by atoms with E-state index < -0.39 is 0 Å². The van der Waals surface area contributed by atoms with Crippen molar-refractivity contribution in [2.75, 3.05) is 26.2 Å². The molecule has 0 aliphatic carbocycles. The van der Waals surface area contributed by atoms with Gasteiger partial charge in [-0.1, -0.05) is 40.0 Å². The summed E-state index contributed by atoms with van der Waals surface area (Å²) in [5.74, 6) is 0.917. The van der Waals surface area contributed by atoms with E-state index >= 15 is 0 Å². The van der Waals surface area contributed by atoms with Crippen LogP contribution < -0.4 is 5.32 Å². The number of rotatable bonds is 8. The molecule has 2 atom stereocenters. The van der Waals surface area contributed by atoms with Crippen LogP contribution in [0.1, 0.15) is 52.9 Å². The summed E-state index contributed by atoms with van der Waals surface area (Å²) in [6.07, 6.45) is 6.85. The molecule has 1 N–H and O–H groups in total. The third-order valence-corrected chi connectivity index (χ3v) is 3.99. The van der Waals surface area contributed by atoms with Gasteiger partial charge in [0, 0.05) is 19.1 Å². The van der Waals surface area contributed by atoms with Crippen molar-refractivity contribution >= 4 is 0 Å². The third kappa shape index (κ3) is 4.42. The molecule has 0 radical (unpaired) electrons. The predicted molar refractivity (Wildman–Crippen MR) is 71.8 cm³/mol. The van der Waals surface area contributed by atoms with Gasteiger partial charge in [0.15, 0.2) is 0 Å². The molecule has 0 bridgehead atoms. The Kier molecular flexibility index (Phi) is 7.06. The first-order valence-electron chi connectivity index (χ1n) is 7.26. The molecule has 96 valence electrons. The van der Waals surface area contributed by atoms with Crippen molar-refractivity contribution in [3.05, 3.63) is 0 Å². The highest BCUT2D eigenvalue weighted by Crippen LogP contribution is 2.17. The molecule has 2 nitrogen and oxygen atoms in total. The smallest absolute Gasteiger partial charge is 0.0232 e. The Bertz CT molecular complexity index is 164. The zero-order valence-electron chi connectivity index (χ0n) is 11.5. The highest BCUT2D eigenvalue weighted by Gasteiger charge is 2.22. The van der Waals surface area contributed by atoms with E-state index in [4.69, 9.17) is 0 Å². The summed E-state index contributed by atoms with van der Waals surface area (Å²) in [5, 5.41) is 3.48. The summed E-state index contributed by atoms with van der Waals surface area (Å²) in [7, 11) is 0. The van der Waals surface area contributed by atoms with Crippen molar-refractivity contribution in [2.45, 2.75) is 58.9 Å². The maximum absolute atomic E-state index is 3.48. The molecule has 1 heterocycles. The molecule has 0 amide bonds. The fraction of sp³-hybridized carbons (Fsp3) is 1.00. The summed E-state index contributed by atoms with van der Waals surface area (Å²) < 4.78 is 0. The Morgan fingerprint density at radius 2 is 2.12 bits per heavy atom. The first kappa shape index (κ1) is 14.0. The molecular formula is C14H30N2. The van der Waals surface area contributed by atoms with Crippen LogP contribution in [0.3, 0.4) is 0 Å². The Morgan fingerprint density at radius 1 is 1.31 bits per heavy atom. The molecule has 1 fully saturated rings. The van der Waals surface area contributed by atoms with Gasteiger partial charge in [0.05, 0.1) is 0 Å². The molecule has 0 aromatic rings. The van der Waals surface area contributed by atoms with Crippen molar-refractivity contribution in [2.24, 2.45) is 5.92 Å². The molecule has 16 heavy (non-hydrogen) atoms. The lowest BCUT2D eigenvalue weighted by atomic mass is 9.98. The first-order valence-corrected chi connectivity index (χ1v) is 7.26. The van der Waals surface area contributed by atoms with Gasteiger partial charge in [0.25, 0.3) is 0 Å². The van der Waals surface area contributed by atoms with Crippen LogP contribution in [-0.4, -0.2) is 37.1 Å². The standard InChI is InChI=1S/C14H30N2/c1-4-7-8-13(5-2)12-16(6-3)14-9-10-15-11-14/h13-15H,4-12H2,1-3H3. The molecular weight excluding hydrogens is 196 g/mol. The first-order chi connectivity index (χ1) is 7.81. The minimum absolute atomic E-state index is 0.806. The van der Waals surface area contributed by atoms with Crippen LogP contribution in [0.15, 0.2) is 0 Å². The lowest BCUT2D eigenvalue weighted by molar-refractivity contribution is 0.177. The highest BCUT2D eigenvalue weighted by molar-refractivity contribution is 4.81. The Balaban J connectivity index is 2.33. The summed E-state index contributed by atoms with van der Waals surface area (Å²) in [6.45, 7) is 11.9. The van der Waals surface area contributed by atoms with Gasteiger partial charge in [-0.05, 0) is 31.8 Å². The van der Waals surface area contributed by atoms with E-state index in [9.17, 15) is 0 Å². The number of hydrogen-bond acceptors (Lipinski definition) is 2. The fourth-order valence-electron chi connectivity index (χ4n) is 2.74. The summed E-state index contributed by atoms with van der Waals surface area (Å²) >= 11 is 0. The maximum atomic E-state index is 3.48. The van der Waals surface area contributed by atoms with Gasteiger partial charge in [-0.15, -0.1) is 0 Å². The normalized spacial score (nSPS) is 22.9. The molecule has 2 heteroatoms. The van der Waals surface area contributed by atoms with Gasteiger partial charge in [0.2, 0.25) is 0 Å². The van der Waals surface area contributed by atoms with E-state index in [1.807, 2.05) is 0 Å². The van der Waals surface area contributed by atoms with Gasteiger partial charge in [-0.2, -0.15) is 0 Å². The van der Waals surface area contributed by atoms with Gasteiger partial charge >= 0.3 is 0 Å². The van der Waals surface area contributed by atoms with Gasteiger partial charge in [0.1, 0.15) is 0 Å². The Morgan fingerprint density at radius 3 is 2.62 bits per heavy atom. The lowest BCUT2D eigenvalue weighted by Crippen LogP contribution is -2.39. The van der Waals surface area contributed by atoms with E-state index in [-0.39, 0.29) is 0 Å². The molecule has 1 aliphatic heterocycles. The topological polar surface area (TPSA) is 15.3 Å². The molecule has 1 saturated heterocycles. The molecule has 1 rings (SSSR count). The fourth-order valence-corrected chi connectivity index (χ4v) is 2.74. The number of nitrogens with one attached hydrogen (secondary N) is 1. The van der Waals surface area contributed by atoms with Crippen molar-refractivity contribution < 1.29 is 0 Å². The SMILES string of the molecule is CCCCC(CC)CN(CC)C1CCNC1.